The van der Waals surface area contributed by atoms with Gasteiger partial charge in [0.2, 0.25) is 17.7 Å². The van der Waals surface area contributed by atoms with E-state index in [-0.39, 0.29) is 5.91 Å². The Morgan fingerprint density at radius 2 is 2.07 bits per heavy atom. The van der Waals surface area contributed by atoms with Crippen molar-refractivity contribution in [2.24, 2.45) is 0 Å². The number of carbonyl (C=O) groups is 1. The van der Waals surface area contributed by atoms with Gasteiger partial charge in [-0.05, 0) is 18.6 Å². The highest BCUT2D eigenvalue weighted by Gasteiger charge is 2.15. The van der Waals surface area contributed by atoms with E-state index in [1.54, 1.807) is 43.3 Å². The summed E-state index contributed by atoms with van der Waals surface area (Å²) in [6.07, 6.45) is 5.11. The van der Waals surface area contributed by atoms with E-state index in [9.17, 15) is 4.79 Å². The Morgan fingerprint density at radius 3 is 2.75 bits per heavy atom. The Kier molecular flexibility index (Phi) is 4.79. The lowest BCUT2D eigenvalue weighted by Crippen LogP contribution is -2.12. The van der Waals surface area contributed by atoms with E-state index in [4.69, 9.17) is 13.9 Å². The fourth-order valence-electron chi connectivity index (χ4n) is 2.93. The third-order valence-electron chi connectivity index (χ3n) is 4.30. The molecule has 1 aliphatic rings. The van der Waals surface area contributed by atoms with Crippen LogP contribution in [0.3, 0.4) is 0 Å². The highest BCUT2D eigenvalue weighted by atomic mass is 16.5. The summed E-state index contributed by atoms with van der Waals surface area (Å²) in [6.45, 7) is 0.888. The maximum absolute atomic E-state index is 10.1. The number of aromatic nitrogens is 4. The topological polar surface area (TPSA) is 104 Å². The van der Waals surface area contributed by atoms with Crippen LogP contribution in [0.5, 0.6) is 11.8 Å². The molecule has 5 rings (SSSR count). The number of hydrogen-bond acceptors (Lipinski definition) is 7. The molecule has 1 saturated heterocycles. The molecule has 0 saturated carbocycles. The van der Waals surface area contributed by atoms with Gasteiger partial charge in [0.15, 0.2) is 11.4 Å². The van der Waals surface area contributed by atoms with E-state index in [0.29, 0.717) is 28.8 Å². The number of amides is 1. The van der Waals surface area contributed by atoms with Crippen molar-refractivity contribution in [1.82, 2.24) is 24.9 Å². The average molecular weight is 381 g/mol. The molecule has 1 N–H and O–H groups in total. The number of nitrogens with one attached hydrogen (secondary N) is 1. The molecule has 0 bridgehead atoms. The van der Waals surface area contributed by atoms with Crippen molar-refractivity contribution in [2.75, 3.05) is 20.8 Å². The summed E-state index contributed by atoms with van der Waals surface area (Å²) in [5, 5.41) is 7.85. The summed E-state index contributed by atoms with van der Waals surface area (Å²) in [5.41, 5.74) is 2.13. The number of furan rings is 1. The SMILES string of the molecule is COc1ccc2ncc(-c3cc4c(OC)nccc4o3)n2n1.O=C1CCCN1. The minimum atomic E-state index is 0.204. The van der Waals surface area contributed by atoms with Crippen LogP contribution in [0.4, 0.5) is 0 Å². The first kappa shape index (κ1) is 17.8. The van der Waals surface area contributed by atoms with E-state index in [1.807, 2.05) is 12.1 Å². The smallest absolute Gasteiger partial charge is 0.231 e. The molecule has 5 heterocycles. The molecular weight excluding hydrogens is 362 g/mol. The second kappa shape index (κ2) is 7.55. The van der Waals surface area contributed by atoms with Gasteiger partial charge in [0.05, 0.1) is 25.8 Å². The van der Waals surface area contributed by atoms with Crippen molar-refractivity contribution >= 4 is 22.5 Å². The Hall–Kier alpha value is -3.62. The molecule has 0 atom stereocenters. The summed E-state index contributed by atoms with van der Waals surface area (Å²) in [5.74, 6) is 1.86. The molecule has 144 valence electrons. The molecular formula is C19H19N5O4. The summed E-state index contributed by atoms with van der Waals surface area (Å²) >= 11 is 0. The molecule has 0 aliphatic carbocycles. The quantitative estimate of drug-likeness (QED) is 0.581. The maximum atomic E-state index is 10.1. The number of carbonyl (C=O) groups excluding carboxylic acids is 1. The molecule has 0 radical (unpaired) electrons. The summed E-state index contributed by atoms with van der Waals surface area (Å²) in [7, 11) is 3.15. The van der Waals surface area contributed by atoms with Gasteiger partial charge in [-0.1, -0.05) is 0 Å². The zero-order valence-electron chi connectivity index (χ0n) is 15.5. The van der Waals surface area contributed by atoms with Crippen molar-refractivity contribution in [3.8, 4) is 23.2 Å². The monoisotopic (exact) mass is 381 g/mol. The molecule has 28 heavy (non-hydrogen) atoms. The lowest BCUT2D eigenvalue weighted by Gasteiger charge is -2.00. The number of fused-ring (bicyclic) bond motifs is 2. The van der Waals surface area contributed by atoms with Gasteiger partial charge in [0, 0.05) is 31.3 Å². The molecule has 4 aromatic rings. The van der Waals surface area contributed by atoms with Crippen molar-refractivity contribution in [3.05, 3.63) is 36.7 Å². The Labute approximate surface area is 160 Å². The van der Waals surface area contributed by atoms with Crippen molar-refractivity contribution < 1.29 is 18.7 Å². The maximum Gasteiger partial charge on any atom is 0.231 e. The van der Waals surface area contributed by atoms with Crippen LogP contribution in [-0.4, -0.2) is 46.3 Å². The van der Waals surface area contributed by atoms with Crippen LogP contribution in [0, 0.1) is 0 Å². The lowest BCUT2D eigenvalue weighted by molar-refractivity contribution is -0.119. The van der Waals surface area contributed by atoms with Gasteiger partial charge in [-0.2, -0.15) is 0 Å². The molecule has 0 spiro atoms. The fraction of sp³-hybridized carbons (Fsp3) is 0.263. The minimum absolute atomic E-state index is 0.204. The van der Waals surface area contributed by atoms with E-state index in [1.165, 1.54) is 0 Å². The predicted molar refractivity (Wildman–Crippen MR) is 101 cm³/mol. The van der Waals surface area contributed by atoms with Gasteiger partial charge >= 0.3 is 0 Å². The van der Waals surface area contributed by atoms with E-state index in [0.717, 1.165) is 30.5 Å². The first-order chi connectivity index (χ1) is 13.7. The van der Waals surface area contributed by atoms with Crippen LogP contribution in [0.25, 0.3) is 28.1 Å². The van der Waals surface area contributed by atoms with Crippen LogP contribution < -0.4 is 14.8 Å². The normalized spacial score (nSPS) is 13.3. The highest BCUT2D eigenvalue weighted by Crippen LogP contribution is 2.32. The van der Waals surface area contributed by atoms with Crippen molar-refractivity contribution in [2.45, 2.75) is 12.8 Å². The number of pyridine rings is 1. The fourth-order valence-corrected chi connectivity index (χ4v) is 2.93. The standard InChI is InChI=1S/C15H12N4O3.C4H7NO/c1-20-14-4-3-13-17-8-10(19(13)18-14)12-7-9-11(22-12)5-6-16-15(9)21-2;6-4-2-1-3-5-4/h3-8H,1-2H3;1-3H2,(H,5,6). The number of hydrogen-bond donors (Lipinski definition) is 1. The molecule has 1 fully saturated rings. The van der Waals surface area contributed by atoms with Gasteiger partial charge in [0.25, 0.3) is 0 Å². The first-order valence-corrected chi connectivity index (χ1v) is 8.78. The third kappa shape index (κ3) is 3.34. The second-order valence-corrected chi connectivity index (χ2v) is 6.09. The van der Waals surface area contributed by atoms with E-state index >= 15 is 0 Å². The van der Waals surface area contributed by atoms with Gasteiger partial charge < -0.3 is 19.2 Å². The minimum Gasteiger partial charge on any atom is -0.480 e. The first-order valence-electron chi connectivity index (χ1n) is 8.78. The number of methoxy groups -OCH3 is 2. The summed E-state index contributed by atoms with van der Waals surface area (Å²) in [6, 6.07) is 7.25. The Bertz CT molecular complexity index is 1130. The van der Waals surface area contributed by atoms with E-state index in [2.05, 4.69) is 20.4 Å². The van der Waals surface area contributed by atoms with Crippen molar-refractivity contribution in [3.63, 3.8) is 0 Å². The van der Waals surface area contributed by atoms with Gasteiger partial charge in [-0.15, -0.1) is 5.10 Å². The summed E-state index contributed by atoms with van der Waals surface area (Å²) < 4.78 is 18.0. The Morgan fingerprint density at radius 1 is 1.18 bits per heavy atom. The van der Waals surface area contributed by atoms with Crippen molar-refractivity contribution in [1.29, 1.82) is 0 Å². The number of nitrogens with zero attached hydrogens (tertiary/aromatic N) is 4. The molecule has 4 aromatic heterocycles. The van der Waals surface area contributed by atoms with Gasteiger partial charge in [-0.3, -0.25) is 4.79 Å². The molecule has 1 amide bonds. The van der Waals surface area contributed by atoms with Crippen LogP contribution >= 0.6 is 0 Å². The zero-order chi connectivity index (χ0) is 19.5. The second-order valence-electron chi connectivity index (χ2n) is 6.09. The molecule has 9 nitrogen and oxygen atoms in total. The predicted octanol–water partition coefficient (Wildman–Crippen LogP) is 2.45. The third-order valence-corrected chi connectivity index (χ3v) is 4.30. The largest absolute Gasteiger partial charge is 0.480 e. The van der Waals surface area contributed by atoms with Gasteiger partial charge in [0.1, 0.15) is 11.3 Å². The molecule has 0 aromatic carbocycles. The van der Waals surface area contributed by atoms with Crippen LogP contribution in [0.2, 0.25) is 0 Å². The van der Waals surface area contributed by atoms with Crippen LogP contribution in [0.1, 0.15) is 12.8 Å². The molecule has 9 heteroatoms. The van der Waals surface area contributed by atoms with Crippen LogP contribution in [-0.2, 0) is 4.79 Å². The number of ether oxygens (including phenoxy) is 2. The number of imidazole rings is 1. The molecule has 1 aliphatic heterocycles. The Balaban J connectivity index is 0.000000275. The zero-order valence-corrected chi connectivity index (χ0v) is 15.5. The average Bonchev–Trinajstić information content (AvgIpc) is 3.46. The van der Waals surface area contributed by atoms with Gasteiger partial charge in [-0.25, -0.2) is 14.5 Å². The highest BCUT2D eigenvalue weighted by molar-refractivity contribution is 5.86. The van der Waals surface area contributed by atoms with E-state index < -0.39 is 0 Å². The summed E-state index contributed by atoms with van der Waals surface area (Å²) in [4.78, 5) is 18.6. The number of rotatable bonds is 3. The lowest BCUT2D eigenvalue weighted by atomic mass is 10.3. The molecule has 0 unspecified atom stereocenters. The van der Waals surface area contributed by atoms with Crippen LogP contribution in [0.15, 0.2) is 41.1 Å².